The second kappa shape index (κ2) is 10.2. The van der Waals surface area contributed by atoms with Crippen molar-refractivity contribution in [1.29, 1.82) is 0 Å². The average Bonchev–Trinajstić information content (AvgIpc) is 3.43. The van der Waals surface area contributed by atoms with Crippen molar-refractivity contribution in [1.82, 2.24) is 9.47 Å². The van der Waals surface area contributed by atoms with Crippen LogP contribution >= 0.6 is 11.3 Å². The van der Waals surface area contributed by atoms with Crippen molar-refractivity contribution < 1.29 is 14.3 Å². The molecule has 0 bridgehead atoms. The highest BCUT2D eigenvalue weighted by molar-refractivity contribution is 7.07. The zero-order valence-electron chi connectivity index (χ0n) is 23.6. The van der Waals surface area contributed by atoms with Gasteiger partial charge in [-0.1, -0.05) is 59.9 Å². The lowest BCUT2D eigenvalue weighted by atomic mass is 9.90. The van der Waals surface area contributed by atoms with E-state index < -0.39 is 6.04 Å². The first-order valence-electron chi connectivity index (χ1n) is 13.6. The van der Waals surface area contributed by atoms with Gasteiger partial charge >= 0.3 is 0 Å². The van der Waals surface area contributed by atoms with Crippen LogP contribution in [0.3, 0.4) is 0 Å². The number of hydrogen-bond donors (Lipinski definition) is 0. The summed E-state index contributed by atoms with van der Waals surface area (Å²) in [6, 6.07) is 18.3. The van der Waals surface area contributed by atoms with Crippen LogP contribution in [0.1, 0.15) is 37.9 Å². The van der Waals surface area contributed by atoms with Gasteiger partial charge in [0, 0.05) is 31.3 Å². The topological polar surface area (TPSA) is 84.2 Å². The Hall–Kier alpha value is -4.50. The molecule has 4 aromatic rings. The largest absolute Gasteiger partial charge is 0.496 e. The van der Waals surface area contributed by atoms with E-state index >= 15 is 0 Å². The monoisotopic (exact) mass is 566 g/mol. The summed E-state index contributed by atoms with van der Waals surface area (Å²) < 4.78 is 7.75. The number of fused-ring (bicyclic) bond motifs is 3. The second-order valence-electron chi connectivity index (χ2n) is 10.0. The quantitative estimate of drug-likeness (QED) is 0.370. The number of anilines is 1. The number of carbonyl (C=O) groups excluding carboxylic acids is 2. The van der Waals surface area contributed by atoms with Gasteiger partial charge in [0.05, 0.1) is 29.6 Å². The first kappa shape index (κ1) is 26.7. The van der Waals surface area contributed by atoms with E-state index in [-0.39, 0.29) is 17.4 Å². The predicted octanol–water partition coefficient (Wildman–Crippen LogP) is 3.61. The number of allylic oxidation sites excluding steroid dienone is 1. The van der Waals surface area contributed by atoms with E-state index in [1.54, 1.807) is 28.5 Å². The number of amides is 2. The number of benzene rings is 3. The van der Waals surface area contributed by atoms with Crippen molar-refractivity contribution >= 4 is 45.2 Å². The van der Waals surface area contributed by atoms with Crippen LogP contribution in [0.5, 0.6) is 5.75 Å². The maximum absolute atomic E-state index is 14.5. The summed E-state index contributed by atoms with van der Waals surface area (Å²) in [4.78, 5) is 50.6. The zero-order chi connectivity index (χ0) is 29.0. The Morgan fingerprint density at radius 1 is 1.02 bits per heavy atom. The fourth-order valence-corrected chi connectivity index (χ4v) is 7.06. The molecule has 9 heteroatoms. The highest BCUT2D eigenvalue weighted by Crippen LogP contribution is 2.41. The number of nitrogens with zero attached hydrogens (tertiary/aromatic N) is 4. The summed E-state index contributed by atoms with van der Waals surface area (Å²) in [7, 11) is 3.30. The molecule has 2 aliphatic heterocycles. The lowest BCUT2D eigenvalue weighted by molar-refractivity contribution is -0.127. The molecule has 8 nitrogen and oxygen atoms in total. The summed E-state index contributed by atoms with van der Waals surface area (Å²) in [5.41, 5.74) is 3.12. The number of methoxy groups -OCH3 is 1. The van der Waals surface area contributed by atoms with Crippen molar-refractivity contribution in [3.05, 3.63) is 103 Å². The van der Waals surface area contributed by atoms with E-state index in [4.69, 9.17) is 9.73 Å². The Morgan fingerprint density at radius 2 is 1.73 bits per heavy atom. The van der Waals surface area contributed by atoms with E-state index in [1.807, 2.05) is 81.4 Å². The molecule has 0 fully saturated rings. The molecule has 41 heavy (non-hydrogen) atoms. The molecule has 0 N–H and O–H groups in total. The minimum Gasteiger partial charge on any atom is -0.496 e. The third-order valence-electron chi connectivity index (χ3n) is 7.98. The Kier molecular flexibility index (Phi) is 6.62. The van der Waals surface area contributed by atoms with Gasteiger partial charge in [0.1, 0.15) is 16.3 Å². The number of likely N-dealkylation sites (N-methyl/N-ethyl adjacent to an activating group) is 2. The highest BCUT2D eigenvalue weighted by atomic mass is 32.1. The number of carbonyl (C=O) groups is 2. The van der Waals surface area contributed by atoms with Gasteiger partial charge in [0.2, 0.25) is 0 Å². The summed E-state index contributed by atoms with van der Waals surface area (Å²) in [5.74, 6) is 0.135. The summed E-state index contributed by atoms with van der Waals surface area (Å²) in [6.07, 6.45) is 0. The molecular formula is C32H30N4O4S. The Bertz CT molecular complexity index is 1970. The Morgan fingerprint density at radius 3 is 2.46 bits per heavy atom. The molecule has 2 amide bonds. The van der Waals surface area contributed by atoms with E-state index in [0.29, 0.717) is 56.1 Å². The van der Waals surface area contributed by atoms with Crippen LogP contribution in [-0.2, 0) is 9.59 Å². The SMILES string of the molecule is CCN(CC)C(=O)C1=C(C)N=c2s/c(=C3/C(=O)N(C)c4ccccc43)c(=O)n2[C@H]1c1c(OC)ccc2ccccc12. The third kappa shape index (κ3) is 3.94. The number of para-hydroxylation sites is 1. The van der Waals surface area contributed by atoms with Crippen molar-refractivity contribution in [2.24, 2.45) is 4.99 Å². The molecule has 0 spiro atoms. The lowest BCUT2D eigenvalue weighted by Gasteiger charge is -2.30. The van der Waals surface area contributed by atoms with Gasteiger partial charge in [-0.05, 0) is 43.7 Å². The maximum atomic E-state index is 14.5. The van der Waals surface area contributed by atoms with Gasteiger partial charge in [-0.2, -0.15) is 0 Å². The summed E-state index contributed by atoms with van der Waals surface area (Å²) in [6.45, 7) is 6.70. The van der Waals surface area contributed by atoms with Gasteiger partial charge in [-0.3, -0.25) is 19.0 Å². The van der Waals surface area contributed by atoms with Crippen molar-refractivity contribution in [3.63, 3.8) is 0 Å². The molecule has 208 valence electrons. The van der Waals surface area contributed by atoms with Gasteiger partial charge in [-0.15, -0.1) is 0 Å². The fraction of sp³-hybridized carbons (Fsp3) is 0.250. The van der Waals surface area contributed by atoms with Crippen LogP contribution in [0.2, 0.25) is 0 Å². The minimum absolute atomic E-state index is 0.184. The number of thiazole rings is 1. The normalized spacial score (nSPS) is 17.4. The average molecular weight is 567 g/mol. The third-order valence-corrected chi connectivity index (χ3v) is 9.04. The van der Waals surface area contributed by atoms with Gasteiger partial charge in [0.15, 0.2) is 4.80 Å². The van der Waals surface area contributed by atoms with Crippen LogP contribution in [0.15, 0.2) is 81.7 Å². The number of hydrogen-bond acceptors (Lipinski definition) is 6. The van der Waals surface area contributed by atoms with Crippen molar-refractivity contribution in [2.75, 3.05) is 32.1 Å². The van der Waals surface area contributed by atoms with Crippen LogP contribution in [0, 0.1) is 0 Å². The van der Waals surface area contributed by atoms with E-state index in [9.17, 15) is 14.4 Å². The van der Waals surface area contributed by atoms with Crippen molar-refractivity contribution in [3.8, 4) is 5.75 Å². The molecule has 0 saturated carbocycles. The zero-order valence-corrected chi connectivity index (χ0v) is 24.4. The van der Waals surface area contributed by atoms with E-state index in [1.165, 1.54) is 11.3 Å². The van der Waals surface area contributed by atoms with Crippen molar-refractivity contribution in [2.45, 2.75) is 26.8 Å². The Balaban J connectivity index is 1.74. The maximum Gasteiger partial charge on any atom is 0.271 e. The van der Waals surface area contributed by atoms with Crippen LogP contribution in [0.4, 0.5) is 5.69 Å². The molecule has 6 rings (SSSR count). The Labute approximate surface area is 241 Å². The molecule has 3 aromatic carbocycles. The molecule has 1 aromatic heterocycles. The fourth-order valence-electron chi connectivity index (χ4n) is 5.92. The number of rotatable bonds is 5. The molecule has 3 heterocycles. The molecule has 1 atom stereocenters. The summed E-state index contributed by atoms with van der Waals surface area (Å²) >= 11 is 1.18. The van der Waals surface area contributed by atoms with Gasteiger partial charge in [-0.25, -0.2) is 4.99 Å². The summed E-state index contributed by atoms with van der Waals surface area (Å²) in [5, 5.41) is 1.83. The van der Waals surface area contributed by atoms with E-state index in [0.717, 1.165) is 16.5 Å². The molecule has 0 saturated heterocycles. The predicted molar refractivity (Wildman–Crippen MR) is 161 cm³/mol. The molecule has 0 radical (unpaired) electrons. The van der Waals surface area contributed by atoms with Gasteiger partial charge < -0.3 is 14.5 Å². The van der Waals surface area contributed by atoms with Gasteiger partial charge in [0.25, 0.3) is 17.4 Å². The molecule has 2 aliphatic rings. The molecule has 0 aliphatic carbocycles. The first-order chi connectivity index (χ1) is 19.8. The second-order valence-corrected chi connectivity index (χ2v) is 11.0. The minimum atomic E-state index is -0.806. The molecular weight excluding hydrogens is 536 g/mol. The van der Waals surface area contributed by atoms with Crippen LogP contribution in [0.25, 0.3) is 16.3 Å². The highest BCUT2D eigenvalue weighted by Gasteiger charge is 2.38. The smallest absolute Gasteiger partial charge is 0.271 e. The lowest BCUT2D eigenvalue weighted by Crippen LogP contribution is -2.43. The number of ether oxygens (including phenoxy) is 1. The van der Waals surface area contributed by atoms with Crippen LogP contribution < -0.4 is 24.5 Å². The molecule has 0 unspecified atom stereocenters. The van der Waals surface area contributed by atoms with Crippen LogP contribution in [-0.4, -0.2) is 48.5 Å². The number of aromatic nitrogens is 1. The standard InChI is InChI=1S/C32H30N4O4S/c1-6-35(7-2)30(38)24-18(3)33-32-36(27(24)25-20-13-9-8-12-19(20)16-17-23(25)40-5)31(39)28(41-32)26-21-14-10-11-15-22(21)34(4)29(26)37/h8-17,27H,6-7H2,1-5H3/b28-26+/t27-/m1/s1. The first-order valence-corrected chi connectivity index (χ1v) is 14.4. The van der Waals surface area contributed by atoms with E-state index in [2.05, 4.69) is 0 Å².